The first-order valence-electron chi connectivity index (χ1n) is 12.8. The normalized spacial score (nSPS) is 19.5. The minimum absolute atomic E-state index is 0.264. The molecule has 3 heterocycles. The van der Waals surface area contributed by atoms with Gasteiger partial charge in [0, 0.05) is 22.0 Å². The van der Waals surface area contributed by atoms with Crippen LogP contribution in [0.25, 0.3) is 0 Å². The molecule has 3 aromatic carbocycles. The Kier molecular flexibility index (Phi) is 7.14. The van der Waals surface area contributed by atoms with E-state index in [1.807, 2.05) is 31.2 Å². The molecule has 1 fully saturated rings. The fraction of sp³-hybridized carbons (Fsp3) is 0.200. The highest BCUT2D eigenvalue weighted by atomic mass is 32.2. The number of nitrogens with zero attached hydrogens (tertiary/aromatic N) is 1. The lowest BCUT2D eigenvalue weighted by molar-refractivity contribution is -0.122. The van der Waals surface area contributed by atoms with Crippen molar-refractivity contribution in [3.05, 3.63) is 98.5 Å². The number of aromatic amines is 1. The van der Waals surface area contributed by atoms with Crippen molar-refractivity contribution >= 4 is 52.2 Å². The molecule has 0 radical (unpaired) electrons. The Morgan fingerprint density at radius 2 is 1.71 bits per heavy atom. The zero-order valence-corrected chi connectivity index (χ0v) is 23.7. The summed E-state index contributed by atoms with van der Waals surface area (Å²) in [7, 11) is 1.57. The van der Waals surface area contributed by atoms with Crippen molar-refractivity contribution in [3.8, 4) is 11.5 Å². The third-order valence-electron chi connectivity index (χ3n) is 7.10. The largest absolute Gasteiger partial charge is 0.497 e. The molecule has 4 aromatic rings. The summed E-state index contributed by atoms with van der Waals surface area (Å²) in [6.45, 7) is 1.66. The molecule has 0 bridgehead atoms. The van der Waals surface area contributed by atoms with Gasteiger partial charge in [0.1, 0.15) is 16.7 Å². The lowest BCUT2D eigenvalue weighted by atomic mass is 9.82. The minimum Gasteiger partial charge on any atom is -0.497 e. The molecule has 9 nitrogen and oxygen atoms in total. The summed E-state index contributed by atoms with van der Waals surface area (Å²) in [6, 6.07) is 21.3. The lowest BCUT2D eigenvalue weighted by Crippen LogP contribution is -2.32. The minimum atomic E-state index is -0.759. The number of imide groups is 1. The maximum atomic E-state index is 14.0. The van der Waals surface area contributed by atoms with E-state index in [-0.39, 0.29) is 29.2 Å². The van der Waals surface area contributed by atoms with E-state index in [4.69, 9.17) is 9.47 Å². The molecule has 0 unspecified atom stereocenters. The molecule has 1 saturated heterocycles. The number of H-pyrrole nitrogens is 1. The number of amides is 3. The van der Waals surface area contributed by atoms with Gasteiger partial charge in [0.2, 0.25) is 11.8 Å². The van der Waals surface area contributed by atoms with Crippen LogP contribution in [0.1, 0.15) is 21.9 Å². The molecule has 11 heteroatoms. The number of carbonyl (C=O) groups is 3. The van der Waals surface area contributed by atoms with Crippen LogP contribution in [-0.2, 0) is 14.4 Å². The Morgan fingerprint density at radius 1 is 0.976 bits per heavy atom. The van der Waals surface area contributed by atoms with Crippen molar-refractivity contribution in [3.63, 3.8) is 0 Å². The highest BCUT2D eigenvalue weighted by molar-refractivity contribution is 8.00. The zero-order chi connectivity index (χ0) is 28.7. The van der Waals surface area contributed by atoms with E-state index < -0.39 is 17.1 Å². The van der Waals surface area contributed by atoms with Gasteiger partial charge in [-0.25, -0.2) is 4.90 Å². The molecule has 2 aliphatic heterocycles. The van der Waals surface area contributed by atoms with Crippen LogP contribution in [0.5, 0.6) is 11.5 Å². The van der Waals surface area contributed by atoms with Crippen molar-refractivity contribution in [1.29, 1.82) is 0 Å². The predicted octanol–water partition coefficient (Wildman–Crippen LogP) is 4.57. The molecule has 0 aliphatic carbocycles. The number of rotatable bonds is 7. The number of ether oxygens (including phenoxy) is 2. The standard InChI is InChI=1S/C30H25N3O6S2/c1-16-7-11-18(12-8-16)33-28(35)24-23(25-27(32-30(37)41-25)40-26(24)29(33)36)20-5-3-4-6-21(20)39-15-22(34)31-17-9-13-19(38-2)14-10-17/h3-14,23-24,26H,15H2,1-2H3,(H,31,34)(H,32,37)/t23-,24-,26+/m0/s1. The Hall–Kier alpha value is -4.35. The number of nitrogens with one attached hydrogen (secondary N) is 2. The number of thiazole rings is 1. The second-order valence-corrected chi connectivity index (χ2v) is 11.9. The van der Waals surface area contributed by atoms with Crippen molar-refractivity contribution in [1.82, 2.24) is 4.98 Å². The molecule has 0 saturated carbocycles. The fourth-order valence-corrected chi connectivity index (χ4v) is 7.69. The fourth-order valence-electron chi connectivity index (χ4n) is 5.18. The molecule has 41 heavy (non-hydrogen) atoms. The number of anilines is 2. The van der Waals surface area contributed by atoms with Crippen LogP contribution in [-0.4, -0.2) is 41.7 Å². The van der Waals surface area contributed by atoms with Gasteiger partial charge < -0.3 is 19.8 Å². The van der Waals surface area contributed by atoms with E-state index in [9.17, 15) is 19.2 Å². The number of methoxy groups -OCH3 is 1. The van der Waals surface area contributed by atoms with E-state index in [0.29, 0.717) is 38.3 Å². The van der Waals surface area contributed by atoms with E-state index in [1.54, 1.807) is 55.6 Å². The summed E-state index contributed by atoms with van der Waals surface area (Å²) in [5, 5.41) is 2.64. The molecule has 1 aromatic heterocycles. The number of aromatic nitrogens is 1. The number of fused-ring (bicyclic) bond motifs is 2. The molecule has 208 valence electrons. The first-order chi connectivity index (χ1) is 19.8. The summed E-state index contributed by atoms with van der Waals surface area (Å²) < 4.78 is 11.1. The smallest absolute Gasteiger partial charge is 0.305 e. The van der Waals surface area contributed by atoms with Crippen LogP contribution in [0.2, 0.25) is 0 Å². The molecule has 2 aliphatic rings. The number of hydrogen-bond donors (Lipinski definition) is 2. The van der Waals surface area contributed by atoms with Crippen LogP contribution in [0.4, 0.5) is 11.4 Å². The summed E-state index contributed by atoms with van der Waals surface area (Å²) >= 11 is 2.24. The molecule has 6 rings (SSSR count). The SMILES string of the molecule is COc1ccc(NC(=O)COc2ccccc2[C@@H]2c3sc(=O)[nH]c3S[C@H]3C(=O)N(c4ccc(C)cc4)C(=O)[C@@H]23)cc1. The summed E-state index contributed by atoms with van der Waals surface area (Å²) in [5.41, 5.74) is 2.74. The zero-order valence-electron chi connectivity index (χ0n) is 22.1. The first kappa shape index (κ1) is 26.9. The summed E-state index contributed by atoms with van der Waals surface area (Å²) in [4.78, 5) is 57.2. The molecule has 3 amide bonds. The number of thioether (sulfide) groups is 1. The molecule has 3 atom stereocenters. The number of benzene rings is 3. The highest BCUT2D eigenvalue weighted by Gasteiger charge is 2.56. The van der Waals surface area contributed by atoms with E-state index in [0.717, 1.165) is 16.9 Å². The Labute approximate surface area is 243 Å². The maximum Gasteiger partial charge on any atom is 0.305 e. The van der Waals surface area contributed by atoms with E-state index >= 15 is 0 Å². The molecular formula is C30H25N3O6S2. The van der Waals surface area contributed by atoms with Gasteiger partial charge >= 0.3 is 4.87 Å². The molecule has 0 spiro atoms. The van der Waals surface area contributed by atoms with Gasteiger partial charge in [-0.3, -0.25) is 19.2 Å². The van der Waals surface area contributed by atoms with Crippen molar-refractivity contribution < 1.29 is 23.9 Å². The summed E-state index contributed by atoms with van der Waals surface area (Å²) in [5.74, 6) is -1.34. The average molecular weight is 588 g/mol. The Morgan fingerprint density at radius 3 is 2.44 bits per heavy atom. The van der Waals surface area contributed by atoms with Crippen LogP contribution >= 0.6 is 23.1 Å². The number of hydrogen-bond acceptors (Lipinski definition) is 8. The van der Waals surface area contributed by atoms with E-state index in [1.165, 1.54) is 16.7 Å². The van der Waals surface area contributed by atoms with Gasteiger partial charge in [0.05, 0.1) is 23.7 Å². The van der Waals surface area contributed by atoms with Gasteiger partial charge in [-0.2, -0.15) is 0 Å². The lowest BCUT2D eigenvalue weighted by Gasteiger charge is -2.30. The van der Waals surface area contributed by atoms with Crippen LogP contribution in [0, 0.1) is 12.8 Å². The van der Waals surface area contributed by atoms with Gasteiger partial charge in [-0.1, -0.05) is 59.0 Å². The second-order valence-electron chi connectivity index (χ2n) is 9.70. The van der Waals surface area contributed by atoms with E-state index in [2.05, 4.69) is 10.3 Å². The third-order valence-corrected chi connectivity index (χ3v) is 9.50. The van der Waals surface area contributed by atoms with Gasteiger partial charge in [-0.05, 0) is 49.4 Å². The Balaban J connectivity index is 1.31. The first-order valence-corrected chi connectivity index (χ1v) is 14.5. The van der Waals surface area contributed by atoms with Crippen molar-refractivity contribution in [2.24, 2.45) is 5.92 Å². The van der Waals surface area contributed by atoms with Gasteiger partial charge in [-0.15, -0.1) is 0 Å². The quantitative estimate of drug-likeness (QED) is 0.304. The van der Waals surface area contributed by atoms with Crippen molar-refractivity contribution in [2.45, 2.75) is 23.1 Å². The van der Waals surface area contributed by atoms with Crippen LogP contribution in [0.3, 0.4) is 0 Å². The molecular weight excluding hydrogens is 562 g/mol. The highest BCUT2D eigenvalue weighted by Crippen LogP contribution is 2.54. The topological polar surface area (TPSA) is 118 Å². The average Bonchev–Trinajstić information content (AvgIpc) is 3.47. The second kappa shape index (κ2) is 10.9. The monoisotopic (exact) mass is 587 g/mol. The van der Waals surface area contributed by atoms with Gasteiger partial charge in [0.15, 0.2) is 6.61 Å². The number of para-hydroxylation sites is 1. The van der Waals surface area contributed by atoms with Crippen LogP contribution in [0.15, 0.2) is 82.6 Å². The maximum absolute atomic E-state index is 14.0. The van der Waals surface area contributed by atoms with Crippen molar-refractivity contribution in [2.75, 3.05) is 23.9 Å². The predicted molar refractivity (Wildman–Crippen MR) is 157 cm³/mol. The Bertz CT molecular complexity index is 1700. The molecule has 2 N–H and O–H groups in total. The number of carbonyl (C=O) groups excluding carboxylic acids is 3. The number of aryl methyl sites for hydroxylation is 1. The third kappa shape index (κ3) is 5.02. The summed E-state index contributed by atoms with van der Waals surface area (Å²) in [6.07, 6.45) is 0. The van der Waals surface area contributed by atoms with Crippen LogP contribution < -0.4 is 24.6 Å². The van der Waals surface area contributed by atoms with Gasteiger partial charge in [0.25, 0.3) is 5.91 Å².